The summed E-state index contributed by atoms with van der Waals surface area (Å²) in [7, 11) is 0. The maximum atomic E-state index is 5.16. The highest BCUT2D eigenvalue weighted by Crippen LogP contribution is 2.52. The fraction of sp³-hybridized carbons (Fsp3) is 0.259. The molecule has 0 aliphatic heterocycles. The lowest BCUT2D eigenvalue weighted by atomic mass is 9.76. The normalized spacial score (nSPS) is 18.7. The Balaban J connectivity index is 0.984. The summed E-state index contributed by atoms with van der Waals surface area (Å²) in [4.78, 5) is 10.2. The van der Waals surface area contributed by atoms with Crippen LogP contribution in [0, 0.1) is 0 Å². The van der Waals surface area contributed by atoms with E-state index < -0.39 is 0 Å². The van der Waals surface area contributed by atoms with E-state index in [1.807, 2.05) is 0 Å². The average molecular weight is 729 g/mol. The van der Waals surface area contributed by atoms with E-state index in [4.69, 9.17) is 9.97 Å². The first-order chi connectivity index (χ1) is 26.8. The SMILES string of the molecule is CC1(C)CC(C)(C)c2cc(-c3cccc(-c4cccc(CC5(C)CC(C)(C)c6cc(-c7cccc(-c8cccc(-c9ccccc9)c8)c7)ncc65)c4)c3)ncc21. The molecule has 5 aromatic carbocycles. The quantitative estimate of drug-likeness (QED) is 0.163. The third-order valence-electron chi connectivity index (χ3n) is 12.8. The number of pyridine rings is 2. The highest BCUT2D eigenvalue weighted by molar-refractivity contribution is 5.77. The van der Waals surface area contributed by atoms with Gasteiger partial charge in [0.15, 0.2) is 0 Å². The maximum Gasteiger partial charge on any atom is 0.0705 e. The van der Waals surface area contributed by atoms with Crippen LogP contribution in [-0.4, -0.2) is 9.97 Å². The molecule has 2 aliphatic rings. The van der Waals surface area contributed by atoms with Gasteiger partial charge >= 0.3 is 0 Å². The monoisotopic (exact) mass is 728 g/mol. The Morgan fingerprint density at radius 3 is 1.38 bits per heavy atom. The Labute approximate surface area is 333 Å². The third-order valence-corrected chi connectivity index (χ3v) is 12.8. The van der Waals surface area contributed by atoms with Gasteiger partial charge < -0.3 is 0 Å². The lowest BCUT2D eigenvalue weighted by molar-refractivity contribution is 0.374. The standard InChI is InChI=1S/C54H52N2/c1-51(2)34-52(3,4)47-32-55-49(29-45(47)51)43-23-13-21-41(27-43)38-18-11-15-36(25-38)31-54(7)35-53(5,6)46-30-50(56-33-48(46)54)44-24-14-22-42(28-44)40-20-12-19-39(26-40)37-16-9-8-10-17-37/h8-30,32-33H,31,34-35H2,1-7H3. The summed E-state index contributed by atoms with van der Waals surface area (Å²) in [6.45, 7) is 16.7. The Hall–Kier alpha value is -5.60. The summed E-state index contributed by atoms with van der Waals surface area (Å²) in [5.74, 6) is 0. The molecule has 0 saturated carbocycles. The second kappa shape index (κ2) is 13.3. The lowest BCUT2D eigenvalue weighted by Gasteiger charge is -2.28. The fourth-order valence-corrected chi connectivity index (χ4v) is 10.5. The summed E-state index contributed by atoms with van der Waals surface area (Å²) >= 11 is 0. The van der Waals surface area contributed by atoms with Gasteiger partial charge in [0.1, 0.15) is 0 Å². The number of hydrogen-bond acceptors (Lipinski definition) is 2. The van der Waals surface area contributed by atoms with Crippen molar-refractivity contribution >= 4 is 0 Å². The molecule has 0 N–H and O–H groups in total. The van der Waals surface area contributed by atoms with Crippen LogP contribution < -0.4 is 0 Å². The minimum atomic E-state index is -0.0283. The van der Waals surface area contributed by atoms with Gasteiger partial charge in [0.2, 0.25) is 0 Å². The van der Waals surface area contributed by atoms with E-state index in [0.717, 1.165) is 36.2 Å². The topological polar surface area (TPSA) is 25.8 Å². The molecule has 1 atom stereocenters. The average Bonchev–Trinajstić information content (AvgIpc) is 3.53. The largest absolute Gasteiger partial charge is 0.256 e. The van der Waals surface area contributed by atoms with Crippen LogP contribution in [0.3, 0.4) is 0 Å². The number of aromatic nitrogens is 2. The fourth-order valence-electron chi connectivity index (χ4n) is 10.5. The summed E-state index contributed by atoms with van der Waals surface area (Å²) in [6.07, 6.45) is 7.49. The molecule has 0 fully saturated rings. The highest BCUT2D eigenvalue weighted by atomic mass is 14.7. The molecule has 2 heteroatoms. The second-order valence-electron chi connectivity index (χ2n) is 18.8. The smallest absolute Gasteiger partial charge is 0.0705 e. The highest BCUT2D eigenvalue weighted by Gasteiger charge is 2.45. The van der Waals surface area contributed by atoms with Gasteiger partial charge in [0, 0.05) is 23.5 Å². The molecule has 278 valence electrons. The first kappa shape index (κ1) is 36.1. The van der Waals surface area contributed by atoms with Crippen molar-refractivity contribution in [2.24, 2.45) is 0 Å². The molecule has 1 unspecified atom stereocenters. The van der Waals surface area contributed by atoms with Crippen molar-refractivity contribution in [2.45, 2.75) is 89.4 Å². The van der Waals surface area contributed by atoms with Crippen LogP contribution in [0.5, 0.6) is 0 Å². The first-order valence-electron chi connectivity index (χ1n) is 20.3. The molecule has 2 heterocycles. The van der Waals surface area contributed by atoms with Crippen LogP contribution in [0.25, 0.3) is 55.9 Å². The molecule has 2 aromatic heterocycles. The molecular formula is C54H52N2. The number of fused-ring (bicyclic) bond motifs is 2. The minimum Gasteiger partial charge on any atom is -0.256 e. The van der Waals surface area contributed by atoms with Gasteiger partial charge in [-0.2, -0.15) is 0 Å². The summed E-state index contributed by atoms with van der Waals surface area (Å²) < 4.78 is 0. The van der Waals surface area contributed by atoms with Gasteiger partial charge in [0.05, 0.1) is 11.4 Å². The molecule has 9 rings (SSSR count). The third kappa shape index (κ3) is 6.49. The summed E-state index contributed by atoms with van der Waals surface area (Å²) in [5.41, 5.74) is 19.0. The van der Waals surface area contributed by atoms with Gasteiger partial charge in [-0.05, 0) is 132 Å². The van der Waals surface area contributed by atoms with Crippen LogP contribution in [0.4, 0.5) is 0 Å². The van der Waals surface area contributed by atoms with E-state index in [0.29, 0.717) is 0 Å². The Morgan fingerprint density at radius 2 is 0.786 bits per heavy atom. The van der Waals surface area contributed by atoms with Crippen LogP contribution in [0.1, 0.15) is 89.1 Å². The van der Waals surface area contributed by atoms with Gasteiger partial charge in [-0.3, -0.25) is 9.97 Å². The molecule has 7 aromatic rings. The molecule has 0 saturated heterocycles. The van der Waals surface area contributed by atoms with Crippen molar-refractivity contribution in [3.8, 4) is 55.9 Å². The van der Waals surface area contributed by atoms with Crippen LogP contribution >= 0.6 is 0 Å². The van der Waals surface area contributed by atoms with Crippen molar-refractivity contribution in [3.05, 3.63) is 180 Å². The van der Waals surface area contributed by atoms with E-state index >= 15 is 0 Å². The van der Waals surface area contributed by atoms with Gasteiger partial charge in [-0.1, -0.05) is 158 Å². The number of rotatable bonds is 7. The van der Waals surface area contributed by atoms with E-state index in [1.165, 1.54) is 66.8 Å². The number of hydrogen-bond donors (Lipinski definition) is 0. The van der Waals surface area contributed by atoms with E-state index in [2.05, 4.69) is 200 Å². The Kier molecular flexibility index (Phi) is 8.54. The predicted molar refractivity (Wildman–Crippen MR) is 235 cm³/mol. The predicted octanol–water partition coefficient (Wildman–Crippen LogP) is 14.0. The Morgan fingerprint density at radius 1 is 0.375 bits per heavy atom. The van der Waals surface area contributed by atoms with Crippen molar-refractivity contribution in [1.82, 2.24) is 9.97 Å². The van der Waals surface area contributed by atoms with Crippen molar-refractivity contribution < 1.29 is 0 Å². The zero-order chi connectivity index (χ0) is 38.9. The van der Waals surface area contributed by atoms with Gasteiger partial charge in [-0.25, -0.2) is 0 Å². The molecule has 2 nitrogen and oxygen atoms in total. The van der Waals surface area contributed by atoms with E-state index in [9.17, 15) is 0 Å². The van der Waals surface area contributed by atoms with E-state index in [1.54, 1.807) is 0 Å². The molecule has 0 spiro atoms. The molecule has 0 bridgehead atoms. The second-order valence-corrected chi connectivity index (χ2v) is 18.8. The van der Waals surface area contributed by atoms with Crippen LogP contribution in [0.2, 0.25) is 0 Å². The zero-order valence-corrected chi connectivity index (χ0v) is 33.9. The molecular weight excluding hydrogens is 677 g/mol. The van der Waals surface area contributed by atoms with Gasteiger partial charge in [-0.15, -0.1) is 0 Å². The van der Waals surface area contributed by atoms with E-state index in [-0.39, 0.29) is 21.7 Å². The van der Waals surface area contributed by atoms with Crippen molar-refractivity contribution in [2.75, 3.05) is 0 Å². The summed E-state index contributed by atoms with van der Waals surface area (Å²) in [5, 5.41) is 0. The maximum absolute atomic E-state index is 5.16. The molecule has 0 radical (unpaired) electrons. The van der Waals surface area contributed by atoms with Crippen molar-refractivity contribution in [1.29, 1.82) is 0 Å². The molecule has 2 aliphatic carbocycles. The van der Waals surface area contributed by atoms with Crippen LogP contribution in [-0.2, 0) is 28.1 Å². The number of benzene rings is 5. The van der Waals surface area contributed by atoms with Crippen LogP contribution in [0.15, 0.2) is 152 Å². The number of nitrogens with zero attached hydrogens (tertiary/aromatic N) is 2. The summed E-state index contributed by atoms with van der Waals surface area (Å²) in [6, 6.07) is 51.1. The molecule has 0 amide bonds. The van der Waals surface area contributed by atoms with Gasteiger partial charge in [0.25, 0.3) is 0 Å². The molecule has 56 heavy (non-hydrogen) atoms. The zero-order valence-electron chi connectivity index (χ0n) is 33.9. The first-order valence-corrected chi connectivity index (χ1v) is 20.3. The lowest BCUT2D eigenvalue weighted by Crippen LogP contribution is -2.24. The minimum absolute atomic E-state index is 0.0283. The van der Waals surface area contributed by atoms with Crippen molar-refractivity contribution in [3.63, 3.8) is 0 Å². The Bertz CT molecular complexity index is 2610.